The Labute approximate surface area is 112 Å². The lowest BCUT2D eigenvalue weighted by Gasteiger charge is -2.24. The molecule has 1 aromatic rings. The summed E-state index contributed by atoms with van der Waals surface area (Å²) in [4.78, 5) is 18.4. The average Bonchev–Trinajstić information content (AvgIpc) is 3.05. The number of hydrogen-bond acceptors (Lipinski definition) is 6. The molecule has 0 unspecified atom stereocenters. The van der Waals surface area contributed by atoms with Crippen LogP contribution in [0.25, 0.3) is 0 Å². The molecule has 19 heavy (non-hydrogen) atoms. The second-order valence-corrected chi connectivity index (χ2v) is 5.48. The van der Waals surface area contributed by atoms with Crippen LogP contribution < -0.4 is 0 Å². The number of hydrogen-bond donors (Lipinski definition) is 0. The fourth-order valence-electron chi connectivity index (χ4n) is 3.59. The van der Waals surface area contributed by atoms with Gasteiger partial charge in [-0.25, -0.2) is 0 Å². The first-order valence-corrected chi connectivity index (χ1v) is 6.80. The lowest BCUT2D eigenvalue weighted by molar-refractivity contribution is -0.147. The van der Waals surface area contributed by atoms with E-state index in [1.54, 1.807) is 6.92 Å². The van der Waals surface area contributed by atoms with E-state index in [2.05, 4.69) is 15.0 Å². The predicted octanol–water partition coefficient (Wildman–Crippen LogP) is 1.15. The average molecular weight is 265 g/mol. The standard InChI is InChI=1S/C13H19N3O3/c1-8-14-11(15-19-8)7-16-6-9-4-3-5-10(9)12(16)13(17)18-2/h9-10,12H,3-7H2,1-2H3/t9-,10-,12+/m1/s1. The van der Waals surface area contributed by atoms with Gasteiger partial charge >= 0.3 is 5.97 Å². The van der Waals surface area contributed by atoms with Crippen LogP contribution in [0.15, 0.2) is 4.52 Å². The first-order valence-electron chi connectivity index (χ1n) is 6.80. The molecule has 1 aliphatic heterocycles. The summed E-state index contributed by atoms with van der Waals surface area (Å²) < 4.78 is 9.96. The Hall–Kier alpha value is -1.43. The number of nitrogens with zero attached hydrogens (tertiary/aromatic N) is 3. The Bertz CT molecular complexity index is 473. The molecule has 1 saturated carbocycles. The third-order valence-electron chi connectivity index (χ3n) is 4.34. The zero-order valence-electron chi connectivity index (χ0n) is 11.3. The number of likely N-dealkylation sites (tertiary alicyclic amines) is 1. The largest absolute Gasteiger partial charge is 0.468 e. The Morgan fingerprint density at radius 2 is 2.37 bits per heavy atom. The summed E-state index contributed by atoms with van der Waals surface area (Å²) in [6, 6.07) is -0.142. The third-order valence-corrected chi connectivity index (χ3v) is 4.34. The van der Waals surface area contributed by atoms with Crippen molar-refractivity contribution < 1.29 is 14.1 Å². The molecule has 2 aliphatic rings. The SMILES string of the molecule is COC(=O)[C@@H]1[C@@H]2CCC[C@@H]2CN1Cc1noc(C)n1. The monoisotopic (exact) mass is 265 g/mol. The lowest BCUT2D eigenvalue weighted by Crippen LogP contribution is -2.40. The lowest BCUT2D eigenvalue weighted by atomic mass is 9.94. The van der Waals surface area contributed by atoms with Gasteiger partial charge < -0.3 is 9.26 Å². The van der Waals surface area contributed by atoms with Gasteiger partial charge in [-0.15, -0.1) is 0 Å². The molecule has 1 saturated heterocycles. The molecule has 0 spiro atoms. The number of aromatic nitrogens is 2. The Kier molecular flexibility index (Phi) is 3.26. The number of carbonyl (C=O) groups is 1. The van der Waals surface area contributed by atoms with Crippen molar-refractivity contribution in [2.45, 2.75) is 38.8 Å². The Morgan fingerprint density at radius 3 is 3.05 bits per heavy atom. The predicted molar refractivity (Wildman–Crippen MR) is 66.1 cm³/mol. The van der Waals surface area contributed by atoms with Crippen LogP contribution in [0.3, 0.4) is 0 Å². The van der Waals surface area contributed by atoms with E-state index in [-0.39, 0.29) is 12.0 Å². The van der Waals surface area contributed by atoms with Crippen LogP contribution >= 0.6 is 0 Å². The molecule has 1 aromatic heterocycles. The molecule has 0 N–H and O–H groups in total. The first-order chi connectivity index (χ1) is 9.19. The van der Waals surface area contributed by atoms with Crippen molar-refractivity contribution in [3.8, 4) is 0 Å². The van der Waals surface area contributed by atoms with E-state index >= 15 is 0 Å². The minimum atomic E-state index is -0.142. The molecule has 0 aromatic carbocycles. The van der Waals surface area contributed by atoms with Crippen molar-refractivity contribution >= 4 is 5.97 Å². The molecule has 6 heteroatoms. The molecule has 6 nitrogen and oxygen atoms in total. The minimum absolute atomic E-state index is 0.130. The van der Waals surface area contributed by atoms with E-state index in [0.717, 1.165) is 13.0 Å². The highest BCUT2D eigenvalue weighted by molar-refractivity contribution is 5.76. The van der Waals surface area contributed by atoms with Crippen molar-refractivity contribution in [1.82, 2.24) is 15.0 Å². The summed E-state index contributed by atoms with van der Waals surface area (Å²) in [6.07, 6.45) is 3.55. The zero-order valence-corrected chi connectivity index (χ0v) is 11.3. The number of fused-ring (bicyclic) bond motifs is 1. The first kappa shape index (κ1) is 12.6. The summed E-state index contributed by atoms with van der Waals surface area (Å²) in [7, 11) is 1.46. The zero-order chi connectivity index (χ0) is 13.4. The van der Waals surface area contributed by atoms with E-state index in [0.29, 0.717) is 30.1 Å². The van der Waals surface area contributed by atoms with E-state index in [1.807, 2.05) is 0 Å². The second-order valence-electron chi connectivity index (χ2n) is 5.48. The van der Waals surface area contributed by atoms with E-state index in [1.165, 1.54) is 20.0 Å². The number of rotatable bonds is 3. The molecule has 3 rings (SSSR count). The van der Waals surface area contributed by atoms with Crippen molar-refractivity contribution in [1.29, 1.82) is 0 Å². The van der Waals surface area contributed by atoms with Gasteiger partial charge in [-0.1, -0.05) is 11.6 Å². The van der Waals surface area contributed by atoms with Crippen LogP contribution in [0.4, 0.5) is 0 Å². The molecular weight excluding hydrogens is 246 g/mol. The maximum Gasteiger partial charge on any atom is 0.323 e. The van der Waals surface area contributed by atoms with Gasteiger partial charge in [0, 0.05) is 13.5 Å². The van der Waals surface area contributed by atoms with Crippen molar-refractivity contribution in [2.24, 2.45) is 11.8 Å². The summed E-state index contributed by atoms with van der Waals surface area (Å²) in [5.41, 5.74) is 0. The van der Waals surface area contributed by atoms with Crippen molar-refractivity contribution in [3.05, 3.63) is 11.7 Å². The molecular formula is C13H19N3O3. The van der Waals surface area contributed by atoms with Gasteiger partial charge in [-0.2, -0.15) is 4.98 Å². The van der Waals surface area contributed by atoms with Gasteiger partial charge in [-0.05, 0) is 24.7 Å². The quantitative estimate of drug-likeness (QED) is 0.764. The smallest absolute Gasteiger partial charge is 0.323 e. The Morgan fingerprint density at radius 1 is 1.53 bits per heavy atom. The molecule has 3 atom stereocenters. The third kappa shape index (κ3) is 2.25. The normalized spacial score (nSPS) is 30.5. The maximum absolute atomic E-state index is 12.0. The van der Waals surface area contributed by atoms with Crippen LogP contribution in [-0.4, -0.2) is 40.7 Å². The topological polar surface area (TPSA) is 68.5 Å². The van der Waals surface area contributed by atoms with Gasteiger partial charge in [0.1, 0.15) is 6.04 Å². The van der Waals surface area contributed by atoms with E-state index < -0.39 is 0 Å². The number of aryl methyl sites for hydroxylation is 1. The van der Waals surface area contributed by atoms with Crippen molar-refractivity contribution in [3.63, 3.8) is 0 Å². The fourth-order valence-corrected chi connectivity index (χ4v) is 3.59. The van der Waals surface area contributed by atoms with Gasteiger partial charge in [0.2, 0.25) is 5.89 Å². The summed E-state index contributed by atoms with van der Waals surface area (Å²) >= 11 is 0. The highest BCUT2D eigenvalue weighted by Gasteiger charge is 2.48. The van der Waals surface area contributed by atoms with Crippen LogP contribution in [0.1, 0.15) is 31.0 Å². The number of carbonyl (C=O) groups excluding carboxylic acids is 1. The second kappa shape index (κ2) is 4.92. The van der Waals surface area contributed by atoms with Gasteiger partial charge in [0.25, 0.3) is 0 Å². The summed E-state index contributed by atoms with van der Waals surface area (Å²) in [5, 5.41) is 3.91. The molecule has 1 aliphatic carbocycles. The van der Waals surface area contributed by atoms with Crippen LogP contribution in [0, 0.1) is 18.8 Å². The molecule has 0 amide bonds. The van der Waals surface area contributed by atoms with Crippen LogP contribution in [0.5, 0.6) is 0 Å². The molecule has 104 valence electrons. The fraction of sp³-hybridized carbons (Fsp3) is 0.769. The molecule has 0 bridgehead atoms. The van der Waals surface area contributed by atoms with Gasteiger partial charge in [0.15, 0.2) is 5.82 Å². The summed E-state index contributed by atoms with van der Waals surface area (Å²) in [5.74, 6) is 2.11. The molecule has 2 fully saturated rings. The highest BCUT2D eigenvalue weighted by Crippen LogP contribution is 2.42. The number of esters is 1. The van der Waals surface area contributed by atoms with Gasteiger partial charge in [0.05, 0.1) is 13.7 Å². The number of methoxy groups -OCH3 is 1. The maximum atomic E-state index is 12.0. The highest BCUT2D eigenvalue weighted by atomic mass is 16.5. The molecule has 0 radical (unpaired) electrons. The number of ether oxygens (including phenoxy) is 1. The van der Waals surface area contributed by atoms with E-state index in [9.17, 15) is 4.79 Å². The minimum Gasteiger partial charge on any atom is -0.468 e. The van der Waals surface area contributed by atoms with Crippen molar-refractivity contribution in [2.75, 3.05) is 13.7 Å². The van der Waals surface area contributed by atoms with Gasteiger partial charge in [-0.3, -0.25) is 9.69 Å². The Balaban J connectivity index is 1.77. The van der Waals surface area contributed by atoms with Crippen LogP contribution in [0.2, 0.25) is 0 Å². The summed E-state index contributed by atoms with van der Waals surface area (Å²) in [6.45, 7) is 3.26. The molecule has 2 heterocycles. The van der Waals surface area contributed by atoms with Crippen LogP contribution in [-0.2, 0) is 16.1 Å². The van der Waals surface area contributed by atoms with E-state index in [4.69, 9.17) is 9.26 Å².